The van der Waals surface area contributed by atoms with Crippen LogP contribution in [0.1, 0.15) is 10.4 Å². The molecule has 0 unspecified atom stereocenters. The van der Waals surface area contributed by atoms with Gasteiger partial charge in [0.25, 0.3) is 11.6 Å². The number of nitrogens with zero attached hydrogens (tertiary/aromatic N) is 1. The molecule has 2 aromatic rings. The summed E-state index contributed by atoms with van der Waals surface area (Å²) in [4.78, 5) is 34.3. The lowest BCUT2D eigenvalue weighted by Crippen LogP contribution is -2.21. The maximum atomic E-state index is 11.9. The van der Waals surface area contributed by atoms with Gasteiger partial charge in [-0.1, -0.05) is 12.1 Å². The summed E-state index contributed by atoms with van der Waals surface area (Å²) >= 11 is 1.98. The van der Waals surface area contributed by atoms with E-state index in [1.165, 1.54) is 25.3 Å². The molecule has 0 atom stereocenters. The Morgan fingerprint density at radius 1 is 1.24 bits per heavy atom. The van der Waals surface area contributed by atoms with Crippen molar-refractivity contribution in [1.29, 1.82) is 0 Å². The van der Waals surface area contributed by atoms with Crippen LogP contribution in [0.15, 0.2) is 42.5 Å². The fourth-order valence-corrected chi connectivity index (χ4v) is 2.52. The van der Waals surface area contributed by atoms with Crippen LogP contribution in [0, 0.1) is 13.7 Å². The van der Waals surface area contributed by atoms with Gasteiger partial charge in [-0.2, -0.15) is 0 Å². The van der Waals surface area contributed by atoms with Crippen molar-refractivity contribution in [3.05, 3.63) is 61.7 Å². The predicted molar refractivity (Wildman–Crippen MR) is 97.7 cm³/mol. The van der Waals surface area contributed by atoms with Gasteiger partial charge in [-0.25, -0.2) is 4.79 Å². The first-order valence-electron chi connectivity index (χ1n) is 6.96. The number of benzene rings is 2. The Bertz CT molecular complexity index is 824. The third-order valence-corrected chi connectivity index (χ3v) is 4.04. The number of esters is 1. The van der Waals surface area contributed by atoms with Crippen molar-refractivity contribution in [1.82, 2.24) is 0 Å². The van der Waals surface area contributed by atoms with Gasteiger partial charge in [0.2, 0.25) is 0 Å². The minimum absolute atomic E-state index is 0.0128. The summed E-state index contributed by atoms with van der Waals surface area (Å²) in [7, 11) is 1.38. The second-order valence-corrected chi connectivity index (χ2v) is 5.91. The highest BCUT2D eigenvalue weighted by Crippen LogP contribution is 2.28. The molecule has 9 heteroatoms. The standard InChI is InChI=1S/C16H13IN2O6/c1-24-10-6-7-13(14(8-10)19(22)23)18-15(20)9-25-16(21)11-4-2-3-5-12(11)17/h2-8H,9H2,1H3,(H,18,20). The van der Waals surface area contributed by atoms with Crippen LogP contribution in [-0.4, -0.2) is 30.5 Å². The molecular weight excluding hydrogens is 443 g/mol. The number of amides is 1. The molecule has 1 N–H and O–H groups in total. The molecule has 0 aliphatic heterocycles. The predicted octanol–water partition coefficient (Wildman–Crippen LogP) is 3.00. The molecule has 0 saturated heterocycles. The zero-order valence-corrected chi connectivity index (χ0v) is 15.2. The van der Waals surface area contributed by atoms with Crippen molar-refractivity contribution in [3.8, 4) is 5.75 Å². The number of nitrogens with one attached hydrogen (secondary N) is 1. The quantitative estimate of drug-likeness (QED) is 0.310. The van der Waals surface area contributed by atoms with Gasteiger partial charge in [0.1, 0.15) is 11.4 Å². The van der Waals surface area contributed by atoms with Crippen molar-refractivity contribution < 1.29 is 24.0 Å². The van der Waals surface area contributed by atoms with Crippen molar-refractivity contribution in [2.45, 2.75) is 0 Å². The molecule has 2 aromatic carbocycles. The van der Waals surface area contributed by atoms with Gasteiger partial charge < -0.3 is 14.8 Å². The van der Waals surface area contributed by atoms with Gasteiger partial charge in [0.05, 0.1) is 23.7 Å². The molecule has 8 nitrogen and oxygen atoms in total. The number of hydrogen-bond acceptors (Lipinski definition) is 6. The zero-order chi connectivity index (χ0) is 18.4. The number of carbonyl (C=O) groups is 2. The Morgan fingerprint density at radius 2 is 1.96 bits per heavy atom. The SMILES string of the molecule is COc1ccc(NC(=O)COC(=O)c2ccccc2I)c([N+](=O)[O-])c1. The van der Waals surface area contributed by atoms with Crippen LogP contribution in [-0.2, 0) is 9.53 Å². The molecule has 0 saturated carbocycles. The van der Waals surface area contributed by atoms with E-state index in [0.717, 1.165) is 0 Å². The van der Waals surface area contributed by atoms with Crippen molar-refractivity contribution in [2.24, 2.45) is 0 Å². The number of ether oxygens (including phenoxy) is 2. The highest BCUT2D eigenvalue weighted by atomic mass is 127. The van der Waals surface area contributed by atoms with Gasteiger partial charge in [-0.05, 0) is 46.9 Å². The molecule has 0 heterocycles. The number of anilines is 1. The molecule has 2 rings (SSSR count). The highest BCUT2D eigenvalue weighted by molar-refractivity contribution is 14.1. The summed E-state index contributed by atoms with van der Waals surface area (Å²) in [5.41, 5.74) is 0.00380. The van der Waals surface area contributed by atoms with Crippen molar-refractivity contribution in [2.75, 3.05) is 19.0 Å². The number of hydrogen-bond donors (Lipinski definition) is 1. The summed E-state index contributed by atoms with van der Waals surface area (Å²) in [5.74, 6) is -1.05. The van der Waals surface area contributed by atoms with Gasteiger partial charge >= 0.3 is 5.97 Å². The molecule has 0 radical (unpaired) electrons. The van der Waals surface area contributed by atoms with E-state index in [1.807, 2.05) is 22.6 Å². The van der Waals surface area contributed by atoms with Gasteiger partial charge in [0.15, 0.2) is 6.61 Å². The number of carbonyl (C=O) groups excluding carboxylic acids is 2. The third kappa shape index (κ3) is 4.89. The van der Waals surface area contributed by atoms with E-state index in [9.17, 15) is 19.7 Å². The lowest BCUT2D eigenvalue weighted by atomic mass is 10.2. The second-order valence-electron chi connectivity index (χ2n) is 4.74. The normalized spacial score (nSPS) is 10.0. The summed E-state index contributed by atoms with van der Waals surface area (Å²) in [5, 5.41) is 13.4. The molecule has 0 aromatic heterocycles. The first-order chi connectivity index (χ1) is 11.9. The Kier molecular flexibility index (Phi) is 6.28. The van der Waals surface area contributed by atoms with E-state index in [4.69, 9.17) is 9.47 Å². The summed E-state index contributed by atoms with van der Waals surface area (Å²) in [6.45, 7) is -0.563. The molecular formula is C16H13IN2O6. The minimum Gasteiger partial charge on any atom is -0.496 e. The Morgan fingerprint density at radius 3 is 2.60 bits per heavy atom. The van der Waals surface area contributed by atoms with Crippen LogP contribution in [0.25, 0.3) is 0 Å². The number of nitro benzene ring substituents is 1. The monoisotopic (exact) mass is 456 g/mol. The fraction of sp³-hybridized carbons (Fsp3) is 0.125. The maximum Gasteiger partial charge on any atom is 0.339 e. The summed E-state index contributed by atoms with van der Waals surface area (Å²) < 4.78 is 10.5. The third-order valence-electron chi connectivity index (χ3n) is 3.10. The van der Waals surface area contributed by atoms with Crippen LogP contribution in [0.3, 0.4) is 0 Å². The molecule has 0 fully saturated rings. The highest BCUT2D eigenvalue weighted by Gasteiger charge is 2.18. The molecule has 1 amide bonds. The first-order valence-corrected chi connectivity index (χ1v) is 8.04. The number of nitro groups is 1. The molecule has 130 valence electrons. The van der Waals surface area contributed by atoms with Gasteiger partial charge in [-0.3, -0.25) is 14.9 Å². The van der Waals surface area contributed by atoms with E-state index < -0.39 is 23.4 Å². The van der Waals surface area contributed by atoms with E-state index in [0.29, 0.717) is 9.13 Å². The Labute approximate surface area is 156 Å². The molecule has 0 spiro atoms. The number of methoxy groups -OCH3 is 1. The zero-order valence-electron chi connectivity index (χ0n) is 13.0. The van der Waals surface area contributed by atoms with E-state index in [2.05, 4.69) is 5.32 Å². The van der Waals surface area contributed by atoms with E-state index in [1.54, 1.807) is 24.3 Å². The summed E-state index contributed by atoms with van der Waals surface area (Å²) in [6.07, 6.45) is 0. The maximum absolute atomic E-state index is 11.9. The smallest absolute Gasteiger partial charge is 0.339 e. The average molecular weight is 456 g/mol. The Balaban J connectivity index is 2.02. The molecule has 25 heavy (non-hydrogen) atoms. The van der Waals surface area contributed by atoms with Crippen molar-refractivity contribution >= 4 is 45.8 Å². The van der Waals surface area contributed by atoms with E-state index in [-0.39, 0.29) is 17.1 Å². The van der Waals surface area contributed by atoms with Crippen LogP contribution in [0.5, 0.6) is 5.75 Å². The topological polar surface area (TPSA) is 108 Å². The number of rotatable bonds is 6. The molecule has 0 aliphatic carbocycles. The lowest BCUT2D eigenvalue weighted by Gasteiger charge is -2.09. The number of halogens is 1. The van der Waals surface area contributed by atoms with Crippen LogP contribution >= 0.6 is 22.6 Å². The largest absolute Gasteiger partial charge is 0.496 e. The Hall–Kier alpha value is -2.69. The van der Waals surface area contributed by atoms with E-state index >= 15 is 0 Å². The summed E-state index contributed by atoms with van der Waals surface area (Å²) in [6, 6.07) is 10.8. The lowest BCUT2D eigenvalue weighted by molar-refractivity contribution is -0.384. The van der Waals surface area contributed by atoms with Gasteiger partial charge in [0, 0.05) is 3.57 Å². The molecule has 0 aliphatic rings. The van der Waals surface area contributed by atoms with Gasteiger partial charge in [-0.15, -0.1) is 0 Å². The minimum atomic E-state index is -0.687. The van der Waals surface area contributed by atoms with Crippen LogP contribution in [0.2, 0.25) is 0 Å². The van der Waals surface area contributed by atoms with Crippen LogP contribution in [0.4, 0.5) is 11.4 Å². The fourth-order valence-electron chi connectivity index (χ4n) is 1.92. The van der Waals surface area contributed by atoms with Crippen LogP contribution < -0.4 is 10.1 Å². The first kappa shape index (κ1) is 18.6. The molecule has 0 bridgehead atoms. The average Bonchev–Trinajstić information content (AvgIpc) is 2.60. The second kappa shape index (κ2) is 8.42. The van der Waals surface area contributed by atoms with Crippen molar-refractivity contribution in [3.63, 3.8) is 0 Å².